The summed E-state index contributed by atoms with van der Waals surface area (Å²) in [6.45, 7) is 8.18. The molecule has 1 fully saturated rings. The zero-order valence-corrected chi connectivity index (χ0v) is 16.6. The van der Waals surface area contributed by atoms with Crippen molar-refractivity contribution in [3.63, 3.8) is 0 Å². The summed E-state index contributed by atoms with van der Waals surface area (Å²) in [6, 6.07) is 1.96. The van der Waals surface area contributed by atoms with E-state index < -0.39 is 10.0 Å². The standard InChI is InChI=1S/C18H32N4O2S/c1-4-6-8-17-20-15(3)12-18(21-17)19-13-16-9-10-22(14-16)25(23,24)11-7-5-2/h12,16H,4-11,13-14H2,1-3H3,(H,19,20,21)/t16-/m1/s1. The minimum atomic E-state index is -3.08. The lowest BCUT2D eigenvalue weighted by molar-refractivity contribution is 0.459. The quantitative estimate of drug-likeness (QED) is 0.687. The number of sulfonamides is 1. The first kappa shape index (κ1) is 20.1. The van der Waals surface area contributed by atoms with Crippen molar-refractivity contribution in [2.24, 2.45) is 5.92 Å². The highest BCUT2D eigenvalue weighted by Gasteiger charge is 2.30. The van der Waals surface area contributed by atoms with Gasteiger partial charge in [-0.25, -0.2) is 22.7 Å². The SMILES string of the molecule is CCCCc1nc(C)cc(NC[C@H]2CCN(S(=O)(=O)CCCC)C2)n1. The zero-order chi connectivity index (χ0) is 18.3. The molecule has 0 saturated carbocycles. The molecule has 1 aromatic heterocycles. The van der Waals surface area contributed by atoms with Crippen LogP contribution in [0.5, 0.6) is 0 Å². The van der Waals surface area contributed by atoms with Crippen LogP contribution in [0.25, 0.3) is 0 Å². The first-order valence-electron chi connectivity index (χ1n) is 9.50. The number of anilines is 1. The number of nitrogens with one attached hydrogen (secondary N) is 1. The van der Waals surface area contributed by atoms with Gasteiger partial charge in [0, 0.05) is 37.8 Å². The maximum Gasteiger partial charge on any atom is 0.214 e. The number of rotatable bonds is 10. The Kier molecular flexibility index (Phi) is 7.62. The van der Waals surface area contributed by atoms with Crippen molar-refractivity contribution in [1.29, 1.82) is 0 Å². The first-order chi connectivity index (χ1) is 11.9. The second kappa shape index (κ2) is 9.48. The van der Waals surface area contributed by atoms with Gasteiger partial charge in [0.05, 0.1) is 5.75 Å². The van der Waals surface area contributed by atoms with Crippen LogP contribution in [-0.2, 0) is 16.4 Å². The zero-order valence-electron chi connectivity index (χ0n) is 15.8. The van der Waals surface area contributed by atoms with E-state index in [4.69, 9.17) is 0 Å². The van der Waals surface area contributed by atoms with Gasteiger partial charge in [0.15, 0.2) is 0 Å². The Morgan fingerprint density at radius 3 is 2.72 bits per heavy atom. The lowest BCUT2D eigenvalue weighted by atomic mass is 10.1. The molecule has 1 saturated heterocycles. The van der Waals surface area contributed by atoms with E-state index in [0.29, 0.717) is 19.0 Å². The number of hydrogen-bond donors (Lipinski definition) is 1. The molecule has 1 aliphatic rings. The molecular weight excluding hydrogens is 336 g/mol. The summed E-state index contributed by atoms with van der Waals surface area (Å²) in [7, 11) is -3.08. The molecule has 0 spiro atoms. The van der Waals surface area contributed by atoms with Crippen molar-refractivity contribution in [3.05, 3.63) is 17.6 Å². The van der Waals surface area contributed by atoms with Crippen molar-refractivity contribution in [3.8, 4) is 0 Å². The molecule has 0 bridgehead atoms. The molecule has 1 N–H and O–H groups in total. The van der Waals surface area contributed by atoms with E-state index in [1.165, 1.54) is 0 Å². The van der Waals surface area contributed by atoms with Gasteiger partial charge in [-0.3, -0.25) is 0 Å². The minimum Gasteiger partial charge on any atom is -0.370 e. The van der Waals surface area contributed by atoms with Crippen molar-refractivity contribution < 1.29 is 8.42 Å². The van der Waals surface area contributed by atoms with Crippen LogP contribution < -0.4 is 5.32 Å². The fourth-order valence-corrected chi connectivity index (χ4v) is 4.82. The maximum atomic E-state index is 12.3. The van der Waals surface area contributed by atoms with Crippen molar-refractivity contribution in [2.75, 3.05) is 30.7 Å². The summed E-state index contributed by atoms with van der Waals surface area (Å²) >= 11 is 0. The van der Waals surface area contributed by atoms with E-state index in [1.807, 2.05) is 19.9 Å². The number of aryl methyl sites for hydroxylation is 2. The van der Waals surface area contributed by atoms with Gasteiger partial charge in [0.1, 0.15) is 11.6 Å². The molecule has 142 valence electrons. The van der Waals surface area contributed by atoms with Gasteiger partial charge in [-0.15, -0.1) is 0 Å². The average Bonchev–Trinajstić information content (AvgIpc) is 3.06. The van der Waals surface area contributed by atoms with Gasteiger partial charge in [0.25, 0.3) is 0 Å². The third-order valence-electron chi connectivity index (χ3n) is 4.62. The average molecular weight is 369 g/mol. The molecule has 25 heavy (non-hydrogen) atoms. The van der Waals surface area contributed by atoms with E-state index in [9.17, 15) is 8.42 Å². The molecule has 0 aliphatic carbocycles. The molecule has 2 heterocycles. The Bertz CT molecular complexity index is 648. The number of hydrogen-bond acceptors (Lipinski definition) is 5. The van der Waals surface area contributed by atoms with Crippen LogP contribution in [0.3, 0.4) is 0 Å². The van der Waals surface area contributed by atoms with E-state index in [2.05, 4.69) is 22.2 Å². The molecule has 1 atom stereocenters. The van der Waals surface area contributed by atoms with E-state index in [-0.39, 0.29) is 5.75 Å². The van der Waals surface area contributed by atoms with E-state index >= 15 is 0 Å². The highest BCUT2D eigenvalue weighted by atomic mass is 32.2. The predicted octanol–water partition coefficient (Wildman–Crippen LogP) is 2.99. The fraction of sp³-hybridized carbons (Fsp3) is 0.778. The van der Waals surface area contributed by atoms with E-state index in [1.54, 1.807) is 4.31 Å². The first-order valence-corrected chi connectivity index (χ1v) is 11.1. The van der Waals surface area contributed by atoms with Crippen LogP contribution in [0.1, 0.15) is 57.5 Å². The third kappa shape index (κ3) is 6.22. The fourth-order valence-electron chi connectivity index (χ4n) is 3.09. The lowest BCUT2D eigenvalue weighted by Gasteiger charge is -2.17. The highest BCUT2D eigenvalue weighted by molar-refractivity contribution is 7.89. The molecule has 0 aromatic carbocycles. The monoisotopic (exact) mass is 368 g/mol. The molecule has 2 rings (SSSR count). The molecule has 0 radical (unpaired) electrons. The summed E-state index contributed by atoms with van der Waals surface area (Å²) in [5.74, 6) is 2.35. The van der Waals surface area contributed by atoms with E-state index in [0.717, 1.165) is 62.4 Å². The lowest BCUT2D eigenvalue weighted by Crippen LogP contribution is -2.31. The molecule has 1 aliphatic heterocycles. The van der Waals surface area contributed by atoms with Crippen LogP contribution in [0, 0.1) is 12.8 Å². The summed E-state index contributed by atoms with van der Waals surface area (Å²) in [6.07, 6.45) is 5.68. The van der Waals surface area contributed by atoms with Gasteiger partial charge < -0.3 is 5.32 Å². The summed E-state index contributed by atoms with van der Waals surface area (Å²) in [5.41, 5.74) is 0.971. The van der Waals surface area contributed by atoms with Crippen LogP contribution in [0.2, 0.25) is 0 Å². The maximum absolute atomic E-state index is 12.3. The van der Waals surface area contributed by atoms with Crippen LogP contribution in [0.4, 0.5) is 5.82 Å². The highest BCUT2D eigenvalue weighted by Crippen LogP contribution is 2.21. The molecule has 7 heteroatoms. The Morgan fingerprint density at radius 1 is 1.24 bits per heavy atom. The normalized spacial score (nSPS) is 18.6. The number of aromatic nitrogens is 2. The topological polar surface area (TPSA) is 75.2 Å². The molecule has 0 amide bonds. The van der Waals surface area contributed by atoms with Gasteiger partial charge >= 0.3 is 0 Å². The van der Waals surface area contributed by atoms with Gasteiger partial charge in [-0.1, -0.05) is 26.7 Å². The Labute approximate surface area is 152 Å². The number of unbranched alkanes of at least 4 members (excludes halogenated alkanes) is 2. The van der Waals surface area contributed by atoms with Crippen LogP contribution in [0.15, 0.2) is 6.07 Å². The Balaban J connectivity index is 1.87. The Morgan fingerprint density at radius 2 is 2.00 bits per heavy atom. The third-order valence-corrected chi connectivity index (χ3v) is 6.55. The van der Waals surface area contributed by atoms with Gasteiger partial charge in [0.2, 0.25) is 10.0 Å². The number of nitrogens with zero attached hydrogens (tertiary/aromatic N) is 3. The molecular formula is C18H32N4O2S. The second-order valence-corrected chi connectivity index (χ2v) is 9.07. The summed E-state index contributed by atoms with van der Waals surface area (Å²) in [4.78, 5) is 9.07. The van der Waals surface area contributed by atoms with Crippen LogP contribution in [-0.4, -0.2) is 48.1 Å². The van der Waals surface area contributed by atoms with Crippen molar-refractivity contribution >= 4 is 15.8 Å². The molecule has 1 aromatic rings. The smallest absolute Gasteiger partial charge is 0.214 e. The summed E-state index contributed by atoms with van der Waals surface area (Å²) in [5, 5.41) is 3.39. The summed E-state index contributed by atoms with van der Waals surface area (Å²) < 4.78 is 26.2. The minimum absolute atomic E-state index is 0.273. The molecule has 0 unspecified atom stereocenters. The predicted molar refractivity (Wildman–Crippen MR) is 102 cm³/mol. The van der Waals surface area contributed by atoms with Crippen LogP contribution >= 0.6 is 0 Å². The van der Waals surface area contributed by atoms with Gasteiger partial charge in [-0.2, -0.15) is 0 Å². The largest absolute Gasteiger partial charge is 0.370 e. The molecule has 6 nitrogen and oxygen atoms in total. The van der Waals surface area contributed by atoms with Gasteiger partial charge in [-0.05, 0) is 32.1 Å². The Hall–Kier alpha value is -1.21. The van der Waals surface area contributed by atoms with Crippen molar-refractivity contribution in [2.45, 2.75) is 59.3 Å². The van der Waals surface area contributed by atoms with Crippen molar-refractivity contribution in [1.82, 2.24) is 14.3 Å². The second-order valence-electron chi connectivity index (χ2n) is 6.98.